The average Bonchev–Trinajstić information content (AvgIpc) is 3.31. The third kappa shape index (κ3) is 13.3. The molecule has 6 aromatic rings. The summed E-state index contributed by atoms with van der Waals surface area (Å²) in [4.78, 5) is 0. The van der Waals surface area contributed by atoms with Crippen molar-refractivity contribution >= 4 is 33.9 Å². The van der Waals surface area contributed by atoms with Gasteiger partial charge in [0.1, 0.15) is 35.4 Å². The molecule has 0 saturated heterocycles. The summed E-state index contributed by atoms with van der Waals surface area (Å²) in [5, 5.41) is 0.643. The Morgan fingerprint density at radius 1 is 0.433 bits per heavy atom. The summed E-state index contributed by atoms with van der Waals surface area (Å²) in [6.07, 6.45) is 3.25. The monoisotopic (exact) mass is 826 g/mol. The summed E-state index contributed by atoms with van der Waals surface area (Å²) >= 11 is 6.95. The highest BCUT2D eigenvalue weighted by atomic mass is 35.5. The molecule has 0 fully saturated rings. The van der Waals surface area contributed by atoms with Crippen LogP contribution in [0, 0.1) is 0 Å². The van der Waals surface area contributed by atoms with Crippen LogP contribution in [0.15, 0.2) is 146 Å². The molecule has 0 spiro atoms. The van der Waals surface area contributed by atoms with Gasteiger partial charge in [-0.25, -0.2) is 0 Å². The molecule has 60 heavy (non-hydrogen) atoms. The molecule has 0 aliphatic rings. The first-order valence-corrected chi connectivity index (χ1v) is 20.4. The van der Waals surface area contributed by atoms with Crippen molar-refractivity contribution in [3.63, 3.8) is 0 Å². The van der Waals surface area contributed by atoms with Crippen molar-refractivity contribution in [3.05, 3.63) is 185 Å². The van der Waals surface area contributed by atoms with Crippen molar-refractivity contribution < 1.29 is 33.2 Å². The van der Waals surface area contributed by atoms with Crippen LogP contribution in [0.25, 0.3) is 22.3 Å². The molecule has 0 aliphatic carbocycles. The number of halogens is 1. The standard InChI is InChI=1S/C28H31ClO5.C24H24O2/c1-4-32-17-18-33-19-20-34-26-15-7-22(8-16-26)27(21-5-11-24(30-2)12-6-21)28(29)23-9-13-25(31-3)14-10-23;1-4-18-5-9-20(10-6-18)24(21-11-15-23(26-3)16-12-21)17-19-7-13-22(25-2)14-8-19/h5-16H,4,17-20H2,1-3H3;5-17H,4H2,1-3H3/b28-27+;24-17-. The Labute approximate surface area is 360 Å². The van der Waals surface area contributed by atoms with Crippen molar-refractivity contribution in [1.82, 2.24) is 0 Å². The van der Waals surface area contributed by atoms with Gasteiger partial charge in [-0.2, -0.15) is 0 Å². The van der Waals surface area contributed by atoms with Crippen LogP contribution in [0.3, 0.4) is 0 Å². The van der Waals surface area contributed by atoms with E-state index in [9.17, 15) is 0 Å². The van der Waals surface area contributed by atoms with Crippen molar-refractivity contribution in [2.75, 3.05) is 61.5 Å². The molecule has 0 N–H and O–H groups in total. The zero-order chi connectivity index (χ0) is 42.5. The van der Waals surface area contributed by atoms with Gasteiger partial charge in [0.2, 0.25) is 0 Å². The van der Waals surface area contributed by atoms with E-state index in [1.54, 1.807) is 28.4 Å². The molecule has 0 aliphatic heterocycles. The topological polar surface area (TPSA) is 64.6 Å². The second-order valence-electron chi connectivity index (χ2n) is 13.4. The lowest BCUT2D eigenvalue weighted by molar-refractivity contribution is 0.0405. The molecule has 0 bridgehead atoms. The van der Waals surface area contributed by atoms with Crippen molar-refractivity contribution in [2.24, 2.45) is 0 Å². The zero-order valence-corrected chi connectivity index (χ0v) is 36.2. The first-order valence-electron chi connectivity index (χ1n) is 20.1. The lowest BCUT2D eigenvalue weighted by Crippen LogP contribution is -2.10. The number of hydrogen-bond donors (Lipinski definition) is 0. The Morgan fingerprint density at radius 3 is 1.27 bits per heavy atom. The maximum Gasteiger partial charge on any atom is 0.119 e. The van der Waals surface area contributed by atoms with E-state index in [2.05, 4.69) is 61.5 Å². The van der Waals surface area contributed by atoms with Gasteiger partial charge in [-0.3, -0.25) is 0 Å². The second kappa shape index (κ2) is 24.2. The van der Waals surface area contributed by atoms with Crippen LogP contribution in [0.5, 0.6) is 28.7 Å². The Morgan fingerprint density at radius 2 is 0.817 bits per heavy atom. The third-order valence-electron chi connectivity index (χ3n) is 9.66. The minimum absolute atomic E-state index is 0.471. The second-order valence-corrected chi connectivity index (χ2v) is 13.8. The van der Waals surface area contributed by atoms with Gasteiger partial charge in [0.05, 0.1) is 53.3 Å². The summed E-state index contributed by atoms with van der Waals surface area (Å²) in [7, 11) is 6.67. The van der Waals surface area contributed by atoms with Crippen LogP contribution in [0.2, 0.25) is 0 Å². The molecule has 0 atom stereocenters. The highest BCUT2D eigenvalue weighted by Crippen LogP contribution is 2.37. The molecule has 0 heterocycles. The molecule has 7 nitrogen and oxygen atoms in total. The van der Waals surface area contributed by atoms with E-state index >= 15 is 0 Å². The van der Waals surface area contributed by atoms with E-state index in [0.717, 1.165) is 68.6 Å². The molecule has 0 aromatic heterocycles. The summed E-state index contributed by atoms with van der Waals surface area (Å²) in [5.74, 6) is 4.06. The Bertz CT molecular complexity index is 2160. The van der Waals surface area contributed by atoms with Crippen LogP contribution < -0.4 is 23.7 Å². The van der Waals surface area contributed by atoms with E-state index in [0.29, 0.717) is 38.1 Å². The van der Waals surface area contributed by atoms with Gasteiger partial charge in [-0.1, -0.05) is 91.3 Å². The van der Waals surface area contributed by atoms with Crippen molar-refractivity contribution in [3.8, 4) is 28.7 Å². The van der Waals surface area contributed by atoms with Crippen LogP contribution in [-0.4, -0.2) is 61.5 Å². The van der Waals surface area contributed by atoms with E-state index in [1.807, 2.05) is 104 Å². The molecule has 6 rings (SSSR count). The fraction of sp³-hybridized carbons (Fsp3) is 0.231. The average molecular weight is 827 g/mol. The fourth-order valence-corrected chi connectivity index (χ4v) is 6.59. The molecule has 0 radical (unpaired) electrons. The van der Waals surface area contributed by atoms with Crippen molar-refractivity contribution in [1.29, 1.82) is 0 Å². The molecule has 6 aromatic carbocycles. The summed E-state index contributed by atoms with van der Waals surface area (Å²) < 4.78 is 37.7. The fourth-order valence-electron chi connectivity index (χ4n) is 6.25. The minimum atomic E-state index is 0.471. The molecular weight excluding hydrogens is 772 g/mol. The Hall–Kier alpha value is -5.99. The van der Waals surface area contributed by atoms with E-state index < -0.39 is 0 Å². The maximum absolute atomic E-state index is 6.95. The Balaban J connectivity index is 0.000000236. The number of rotatable bonds is 19. The van der Waals surface area contributed by atoms with Crippen LogP contribution in [-0.2, 0) is 15.9 Å². The predicted octanol–water partition coefficient (Wildman–Crippen LogP) is 12.1. The van der Waals surface area contributed by atoms with Gasteiger partial charge in [0, 0.05) is 12.2 Å². The van der Waals surface area contributed by atoms with Crippen LogP contribution >= 0.6 is 11.6 Å². The molecule has 0 amide bonds. The quantitative estimate of drug-likeness (QED) is 0.0595. The lowest BCUT2D eigenvalue weighted by atomic mass is 9.94. The van der Waals surface area contributed by atoms with E-state index in [-0.39, 0.29) is 0 Å². The SMILES string of the molecule is CCOCCOCCOc1ccc(/C(=C(/Cl)c2ccc(OC)cc2)c2ccc(OC)cc2)cc1.CCc1ccc(/C(=C/c2ccc(OC)cc2)c2ccc(OC)cc2)cc1. The summed E-state index contributed by atoms with van der Waals surface area (Å²) in [5.41, 5.74) is 9.79. The summed E-state index contributed by atoms with van der Waals surface area (Å²) in [6.45, 7) is 6.98. The molecule has 0 unspecified atom stereocenters. The molecule has 8 heteroatoms. The summed E-state index contributed by atoms with van der Waals surface area (Å²) in [6, 6.07) is 48.6. The van der Waals surface area contributed by atoms with Gasteiger partial charge in [0.15, 0.2) is 0 Å². The normalized spacial score (nSPS) is 11.5. The first-order chi connectivity index (χ1) is 29.4. The lowest BCUT2D eigenvalue weighted by Gasteiger charge is -2.14. The van der Waals surface area contributed by atoms with Gasteiger partial charge < -0.3 is 33.2 Å². The smallest absolute Gasteiger partial charge is 0.119 e. The minimum Gasteiger partial charge on any atom is -0.497 e. The Kier molecular flexibility index (Phi) is 18.2. The number of ether oxygens (including phenoxy) is 7. The largest absolute Gasteiger partial charge is 0.497 e. The predicted molar refractivity (Wildman–Crippen MR) is 246 cm³/mol. The van der Waals surface area contributed by atoms with Crippen LogP contribution in [0.4, 0.5) is 0 Å². The van der Waals surface area contributed by atoms with E-state index in [1.165, 1.54) is 16.7 Å². The number of aryl methyl sites for hydroxylation is 1. The zero-order valence-electron chi connectivity index (χ0n) is 35.4. The number of benzene rings is 6. The highest BCUT2D eigenvalue weighted by Gasteiger charge is 2.14. The molecular formula is C52H55ClO7. The third-order valence-corrected chi connectivity index (χ3v) is 10.1. The van der Waals surface area contributed by atoms with E-state index in [4.69, 9.17) is 44.8 Å². The highest BCUT2D eigenvalue weighted by molar-refractivity contribution is 6.53. The maximum atomic E-state index is 6.95. The first kappa shape index (κ1) is 45.1. The van der Waals surface area contributed by atoms with Gasteiger partial charge in [0.25, 0.3) is 0 Å². The number of methoxy groups -OCH3 is 4. The van der Waals surface area contributed by atoms with Gasteiger partial charge >= 0.3 is 0 Å². The molecule has 312 valence electrons. The van der Waals surface area contributed by atoms with Crippen molar-refractivity contribution in [2.45, 2.75) is 20.3 Å². The molecule has 0 saturated carbocycles. The number of hydrogen-bond acceptors (Lipinski definition) is 7. The van der Waals surface area contributed by atoms with Gasteiger partial charge in [-0.15, -0.1) is 0 Å². The van der Waals surface area contributed by atoms with Gasteiger partial charge in [-0.05, 0) is 137 Å². The van der Waals surface area contributed by atoms with Crippen LogP contribution in [0.1, 0.15) is 52.8 Å².